The molecule has 0 aliphatic rings. The van der Waals surface area contributed by atoms with Gasteiger partial charge in [0.1, 0.15) is 10.9 Å². The maximum absolute atomic E-state index is 12.7. The second-order valence-corrected chi connectivity index (χ2v) is 8.32. The van der Waals surface area contributed by atoms with Crippen LogP contribution in [0.5, 0.6) is 0 Å². The average molecular weight is 420 g/mol. The Bertz CT molecular complexity index is 1030. The third-order valence-corrected chi connectivity index (χ3v) is 6.03. The van der Waals surface area contributed by atoms with Crippen LogP contribution in [0.1, 0.15) is 34.8 Å². The molecule has 3 aromatic rings. The Morgan fingerprint density at radius 3 is 2.68 bits per heavy atom. The first-order chi connectivity index (χ1) is 13.3. The maximum atomic E-state index is 12.7. The van der Waals surface area contributed by atoms with E-state index in [9.17, 15) is 9.59 Å². The molecule has 1 atom stereocenters. The lowest BCUT2D eigenvalue weighted by Gasteiger charge is -2.19. The number of benzene rings is 1. The number of fused-ring (bicyclic) bond motifs is 1. The molecule has 0 fully saturated rings. The SMILES string of the molecule is COC(=O)C(NC(=O)c1cc2c(C)nn(Cc3ccccc3Cl)c2s1)C(C)C. The summed E-state index contributed by atoms with van der Waals surface area (Å²) in [5.74, 6) is -0.831. The second-order valence-electron chi connectivity index (χ2n) is 6.88. The lowest BCUT2D eigenvalue weighted by Crippen LogP contribution is -2.44. The zero-order chi connectivity index (χ0) is 20.4. The van der Waals surface area contributed by atoms with Crippen molar-refractivity contribution in [1.82, 2.24) is 15.1 Å². The fourth-order valence-corrected chi connectivity index (χ4v) is 4.22. The molecule has 1 N–H and O–H groups in total. The number of esters is 1. The van der Waals surface area contributed by atoms with Crippen LogP contribution in [0.2, 0.25) is 5.02 Å². The van der Waals surface area contributed by atoms with Gasteiger partial charge in [-0.05, 0) is 30.5 Å². The summed E-state index contributed by atoms with van der Waals surface area (Å²) >= 11 is 7.62. The lowest BCUT2D eigenvalue weighted by atomic mass is 10.0. The number of aryl methyl sites for hydroxylation is 1. The largest absolute Gasteiger partial charge is 0.467 e. The number of hydrogen-bond donors (Lipinski definition) is 1. The molecule has 1 aromatic carbocycles. The van der Waals surface area contributed by atoms with Crippen LogP contribution >= 0.6 is 22.9 Å². The van der Waals surface area contributed by atoms with E-state index in [1.165, 1.54) is 18.4 Å². The highest BCUT2D eigenvalue weighted by Gasteiger charge is 2.26. The van der Waals surface area contributed by atoms with Gasteiger partial charge in [0.15, 0.2) is 0 Å². The van der Waals surface area contributed by atoms with Gasteiger partial charge in [-0.3, -0.25) is 9.48 Å². The van der Waals surface area contributed by atoms with Crippen LogP contribution in [0.15, 0.2) is 30.3 Å². The zero-order valence-electron chi connectivity index (χ0n) is 16.2. The van der Waals surface area contributed by atoms with Crippen LogP contribution in [0.3, 0.4) is 0 Å². The molecular weight excluding hydrogens is 398 g/mol. The van der Waals surface area contributed by atoms with Gasteiger partial charge in [-0.2, -0.15) is 5.10 Å². The first-order valence-electron chi connectivity index (χ1n) is 8.90. The Hall–Kier alpha value is -2.38. The Balaban J connectivity index is 1.89. The topological polar surface area (TPSA) is 73.2 Å². The molecule has 0 aliphatic heterocycles. The Kier molecular flexibility index (Phi) is 6.05. The first kappa shape index (κ1) is 20.4. The van der Waals surface area contributed by atoms with Gasteiger partial charge in [-0.15, -0.1) is 11.3 Å². The van der Waals surface area contributed by atoms with Gasteiger partial charge >= 0.3 is 5.97 Å². The number of rotatable bonds is 6. The van der Waals surface area contributed by atoms with E-state index in [1.54, 1.807) is 0 Å². The predicted molar refractivity (Wildman–Crippen MR) is 111 cm³/mol. The van der Waals surface area contributed by atoms with Gasteiger partial charge in [-0.25, -0.2) is 4.79 Å². The van der Waals surface area contributed by atoms with Gasteiger partial charge in [0.05, 0.1) is 24.2 Å². The zero-order valence-corrected chi connectivity index (χ0v) is 17.7. The van der Waals surface area contributed by atoms with E-state index in [-0.39, 0.29) is 11.8 Å². The molecule has 0 radical (unpaired) electrons. The average Bonchev–Trinajstić information content (AvgIpc) is 3.22. The summed E-state index contributed by atoms with van der Waals surface area (Å²) in [6.07, 6.45) is 0. The van der Waals surface area contributed by atoms with Crippen molar-refractivity contribution >= 4 is 45.0 Å². The fraction of sp³-hybridized carbons (Fsp3) is 0.350. The molecule has 28 heavy (non-hydrogen) atoms. The van der Waals surface area contributed by atoms with Crippen LogP contribution in [0, 0.1) is 12.8 Å². The number of amides is 1. The van der Waals surface area contributed by atoms with E-state index in [0.29, 0.717) is 16.4 Å². The molecule has 6 nitrogen and oxygen atoms in total. The van der Waals surface area contributed by atoms with E-state index in [0.717, 1.165) is 21.5 Å². The minimum atomic E-state index is -0.691. The molecule has 2 aromatic heterocycles. The third-order valence-electron chi connectivity index (χ3n) is 4.52. The Morgan fingerprint density at radius 1 is 1.32 bits per heavy atom. The monoisotopic (exact) mass is 419 g/mol. The van der Waals surface area contributed by atoms with Crippen LogP contribution in [-0.4, -0.2) is 34.8 Å². The van der Waals surface area contributed by atoms with E-state index in [2.05, 4.69) is 10.4 Å². The molecule has 2 heterocycles. The van der Waals surface area contributed by atoms with Crippen LogP contribution in [-0.2, 0) is 16.1 Å². The number of aromatic nitrogens is 2. The molecule has 3 rings (SSSR count). The van der Waals surface area contributed by atoms with Gasteiger partial charge in [0.25, 0.3) is 5.91 Å². The predicted octanol–water partition coefficient (Wildman–Crippen LogP) is 4.04. The van der Waals surface area contributed by atoms with Crippen molar-refractivity contribution < 1.29 is 14.3 Å². The molecule has 1 unspecified atom stereocenters. The number of nitrogens with one attached hydrogen (secondary N) is 1. The minimum Gasteiger partial charge on any atom is -0.467 e. The molecule has 0 saturated carbocycles. The van der Waals surface area contributed by atoms with Crippen molar-refractivity contribution in [3.05, 3.63) is 51.5 Å². The smallest absolute Gasteiger partial charge is 0.328 e. The van der Waals surface area contributed by atoms with Crippen molar-refractivity contribution in [2.45, 2.75) is 33.4 Å². The van der Waals surface area contributed by atoms with Crippen molar-refractivity contribution in [2.24, 2.45) is 5.92 Å². The van der Waals surface area contributed by atoms with Crippen LogP contribution in [0.25, 0.3) is 10.2 Å². The second kappa shape index (κ2) is 8.32. The highest BCUT2D eigenvalue weighted by molar-refractivity contribution is 7.20. The summed E-state index contributed by atoms with van der Waals surface area (Å²) in [7, 11) is 1.32. The third kappa shape index (κ3) is 4.05. The summed E-state index contributed by atoms with van der Waals surface area (Å²) in [6.45, 7) is 6.14. The molecule has 0 bridgehead atoms. The number of nitrogens with zero attached hydrogens (tertiary/aromatic N) is 2. The van der Waals surface area contributed by atoms with E-state index >= 15 is 0 Å². The number of methoxy groups -OCH3 is 1. The van der Waals surface area contributed by atoms with Gasteiger partial charge in [-0.1, -0.05) is 43.6 Å². The molecule has 0 saturated heterocycles. The van der Waals surface area contributed by atoms with Crippen molar-refractivity contribution in [1.29, 1.82) is 0 Å². The number of hydrogen-bond acceptors (Lipinski definition) is 5. The van der Waals surface area contributed by atoms with Gasteiger partial charge < -0.3 is 10.1 Å². The maximum Gasteiger partial charge on any atom is 0.328 e. The lowest BCUT2D eigenvalue weighted by molar-refractivity contribution is -0.144. The number of carbonyl (C=O) groups is 2. The summed E-state index contributed by atoms with van der Waals surface area (Å²) in [5, 5.41) is 8.95. The highest BCUT2D eigenvalue weighted by atomic mass is 35.5. The molecular formula is C20H22ClN3O3S. The van der Waals surface area contributed by atoms with Crippen molar-refractivity contribution in [2.75, 3.05) is 7.11 Å². The standard InChI is InChI=1S/C20H22ClN3O3S/c1-11(2)17(20(26)27-4)22-18(25)16-9-14-12(3)23-24(19(14)28-16)10-13-7-5-6-8-15(13)21/h5-9,11,17H,10H2,1-4H3,(H,22,25). The van der Waals surface area contributed by atoms with Crippen LogP contribution < -0.4 is 5.32 Å². The number of thiophene rings is 1. The normalized spacial score (nSPS) is 12.4. The van der Waals surface area contributed by atoms with Crippen molar-refractivity contribution in [3.8, 4) is 0 Å². The molecule has 1 amide bonds. The highest BCUT2D eigenvalue weighted by Crippen LogP contribution is 2.29. The summed E-state index contributed by atoms with van der Waals surface area (Å²) in [5.41, 5.74) is 1.80. The molecule has 8 heteroatoms. The Morgan fingerprint density at radius 2 is 2.04 bits per heavy atom. The first-order valence-corrected chi connectivity index (χ1v) is 10.1. The Labute approximate surface area is 172 Å². The van der Waals surface area contributed by atoms with E-state index in [4.69, 9.17) is 16.3 Å². The number of halogens is 1. The minimum absolute atomic E-state index is 0.0803. The number of ether oxygens (including phenoxy) is 1. The molecule has 148 valence electrons. The van der Waals surface area contributed by atoms with Crippen molar-refractivity contribution in [3.63, 3.8) is 0 Å². The number of carbonyl (C=O) groups excluding carboxylic acids is 2. The van der Waals surface area contributed by atoms with Gasteiger partial charge in [0.2, 0.25) is 0 Å². The van der Waals surface area contributed by atoms with Gasteiger partial charge in [0, 0.05) is 10.4 Å². The molecule has 0 aliphatic carbocycles. The van der Waals surface area contributed by atoms with E-state index in [1.807, 2.05) is 55.8 Å². The molecule has 0 spiro atoms. The van der Waals surface area contributed by atoms with Crippen LogP contribution in [0.4, 0.5) is 0 Å². The summed E-state index contributed by atoms with van der Waals surface area (Å²) < 4.78 is 6.65. The fourth-order valence-electron chi connectivity index (χ4n) is 2.96. The summed E-state index contributed by atoms with van der Waals surface area (Å²) in [6, 6.07) is 8.74. The van der Waals surface area contributed by atoms with E-state index < -0.39 is 12.0 Å². The summed E-state index contributed by atoms with van der Waals surface area (Å²) in [4.78, 5) is 26.1. The quantitative estimate of drug-likeness (QED) is 0.612.